The molecular formula is C18H29N4OS+. The Balaban J connectivity index is 1.84. The highest BCUT2D eigenvalue weighted by atomic mass is 32.1. The molecule has 132 valence electrons. The SMILES string of the molecule is CC(C)c1ccc(NC(=S)N(C)CC(=O)N2CC[NH+](C)CC2)cc1. The van der Waals surface area contributed by atoms with Crippen LogP contribution in [-0.2, 0) is 4.79 Å². The van der Waals surface area contributed by atoms with E-state index in [0.29, 0.717) is 17.6 Å². The highest BCUT2D eigenvalue weighted by Gasteiger charge is 2.22. The molecule has 1 saturated heterocycles. The van der Waals surface area contributed by atoms with Crippen LogP contribution in [0.15, 0.2) is 24.3 Å². The zero-order valence-corrected chi connectivity index (χ0v) is 15.9. The molecule has 5 nitrogen and oxygen atoms in total. The second-order valence-electron chi connectivity index (χ2n) is 6.90. The number of thiocarbonyl (C=S) groups is 1. The molecule has 2 N–H and O–H groups in total. The predicted molar refractivity (Wildman–Crippen MR) is 103 cm³/mol. The molecule has 0 radical (unpaired) electrons. The number of quaternary nitrogens is 1. The third kappa shape index (κ3) is 5.18. The van der Waals surface area contributed by atoms with Gasteiger partial charge in [0.15, 0.2) is 5.11 Å². The number of carbonyl (C=O) groups excluding carboxylic acids is 1. The maximum absolute atomic E-state index is 12.4. The molecule has 0 unspecified atom stereocenters. The fourth-order valence-electron chi connectivity index (χ4n) is 2.68. The van der Waals surface area contributed by atoms with Crippen molar-refractivity contribution in [1.29, 1.82) is 0 Å². The van der Waals surface area contributed by atoms with Crippen LogP contribution < -0.4 is 10.2 Å². The van der Waals surface area contributed by atoms with Crippen LogP contribution >= 0.6 is 12.2 Å². The summed E-state index contributed by atoms with van der Waals surface area (Å²) in [5.41, 5.74) is 2.25. The second kappa shape index (κ2) is 8.44. The largest absolute Gasteiger partial charge is 0.343 e. The number of piperazine rings is 1. The number of carbonyl (C=O) groups is 1. The van der Waals surface area contributed by atoms with Gasteiger partial charge in [0.05, 0.1) is 39.8 Å². The zero-order chi connectivity index (χ0) is 17.7. The molecule has 1 amide bonds. The van der Waals surface area contributed by atoms with E-state index in [9.17, 15) is 4.79 Å². The molecule has 24 heavy (non-hydrogen) atoms. The lowest BCUT2D eigenvalue weighted by Gasteiger charge is -2.31. The van der Waals surface area contributed by atoms with E-state index in [1.54, 1.807) is 4.90 Å². The predicted octanol–water partition coefficient (Wildman–Crippen LogP) is 0.796. The van der Waals surface area contributed by atoms with Gasteiger partial charge in [-0.25, -0.2) is 0 Å². The number of anilines is 1. The van der Waals surface area contributed by atoms with Crippen LogP contribution in [0.4, 0.5) is 5.69 Å². The van der Waals surface area contributed by atoms with Crippen LogP contribution in [0.3, 0.4) is 0 Å². The third-order valence-corrected chi connectivity index (χ3v) is 4.93. The summed E-state index contributed by atoms with van der Waals surface area (Å²) < 4.78 is 0. The van der Waals surface area contributed by atoms with E-state index in [0.717, 1.165) is 31.9 Å². The Kier molecular flexibility index (Phi) is 6.57. The first-order valence-electron chi connectivity index (χ1n) is 8.58. The summed E-state index contributed by atoms with van der Waals surface area (Å²) in [7, 11) is 4.02. The van der Waals surface area contributed by atoms with E-state index < -0.39 is 0 Å². The number of hydrogen-bond donors (Lipinski definition) is 2. The molecule has 0 aliphatic carbocycles. The summed E-state index contributed by atoms with van der Waals surface area (Å²) in [4.78, 5) is 17.6. The molecule has 6 heteroatoms. The molecule has 2 rings (SSSR count). The number of benzene rings is 1. The first kappa shape index (κ1) is 18.7. The van der Waals surface area contributed by atoms with Gasteiger partial charge in [-0.1, -0.05) is 26.0 Å². The van der Waals surface area contributed by atoms with Gasteiger partial charge in [0, 0.05) is 12.7 Å². The molecule has 1 aliphatic heterocycles. The molecule has 1 aliphatic rings. The van der Waals surface area contributed by atoms with E-state index in [-0.39, 0.29) is 5.91 Å². The molecule has 0 spiro atoms. The van der Waals surface area contributed by atoms with Crippen molar-refractivity contribution in [2.24, 2.45) is 0 Å². The zero-order valence-electron chi connectivity index (χ0n) is 15.1. The monoisotopic (exact) mass is 349 g/mol. The summed E-state index contributed by atoms with van der Waals surface area (Å²) in [6.07, 6.45) is 0. The summed E-state index contributed by atoms with van der Waals surface area (Å²) >= 11 is 5.42. The van der Waals surface area contributed by atoms with Crippen molar-refractivity contribution in [3.05, 3.63) is 29.8 Å². The van der Waals surface area contributed by atoms with Gasteiger partial charge in [0.2, 0.25) is 5.91 Å². The number of nitrogens with one attached hydrogen (secondary N) is 2. The summed E-state index contributed by atoms with van der Waals surface area (Å²) in [5.74, 6) is 0.654. The van der Waals surface area contributed by atoms with Gasteiger partial charge in [-0.05, 0) is 35.8 Å². The third-order valence-electron chi connectivity index (χ3n) is 4.52. The normalized spacial score (nSPS) is 15.5. The van der Waals surface area contributed by atoms with Crippen molar-refractivity contribution in [2.45, 2.75) is 19.8 Å². The summed E-state index contributed by atoms with van der Waals surface area (Å²) in [6.45, 7) is 8.35. The first-order valence-corrected chi connectivity index (χ1v) is 8.99. The lowest BCUT2D eigenvalue weighted by molar-refractivity contribution is -0.883. The van der Waals surface area contributed by atoms with Gasteiger partial charge in [0.1, 0.15) is 0 Å². The summed E-state index contributed by atoms with van der Waals surface area (Å²) in [5, 5.41) is 3.78. The molecule has 1 aromatic carbocycles. The average Bonchev–Trinajstić information content (AvgIpc) is 2.55. The maximum atomic E-state index is 12.4. The lowest BCUT2D eigenvalue weighted by atomic mass is 10.0. The van der Waals surface area contributed by atoms with Gasteiger partial charge >= 0.3 is 0 Å². The Morgan fingerprint density at radius 1 is 1.29 bits per heavy atom. The molecule has 0 atom stereocenters. The Morgan fingerprint density at radius 2 is 1.88 bits per heavy atom. The van der Waals surface area contributed by atoms with Crippen LogP contribution in [0, 0.1) is 0 Å². The minimum Gasteiger partial charge on any atom is -0.343 e. The van der Waals surface area contributed by atoms with E-state index in [1.807, 2.05) is 24.1 Å². The fourth-order valence-corrected chi connectivity index (χ4v) is 2.87. The fraction of sp³-hybridized carbons (Fsp3) is 0.556. The van der Waals surface area contributed by atoms with Crippen molar-refractivity contribution < 1.29 is 9.69 Å². The van der Waals surface area contributed by atoms with Crippen LogP contribution in [0.1, 0.15) is 25.3 Å². The molecule has 1 fully saturated rings. The number of likely N-dealkylation sites (N-methyl/N-ethyl adjacent to an activating group) is 2. The quantitative estimate of drug-likeness (QED) is 0.789. The highest BCUT2D eigenvalue weighted by molar-refractivity contribution is 7.80. The van der Waals surface area contributed by atoms with Gasteiger partial charge in [-0.3, -0.25) is 4.79 Å². The van der Waals surface area contributed by atoms with Crippen molar-refractivity contribution in [2.75, 3.05) is 52.1 Å². The number of hydrogen-bond acceptors (Lipinski definition) is 2. The highest BCUT2D eigenvalue weighted by Crippen LogP contribution is 2.17. The molecule has 0 saturated carbocycles. The van der Waals surface area contributed by atoms with Gasteiger partial charge in [-0.15, -0.1) is 0 Å². The first-order chi connectivity index (χ1) is 11.4. The van der Waals surface area contributed by atoms with E-state index in [1.165, 1.54) is 10.5 Å². The Bertz CT molecular complexity index is 565. The minimum absolute atomic E-state index is 0.143. The molecule has 1 heterocycles. The van der Waals surface area contributed by atoms with E-state index in [2.05, 4.69) is 38.3 Å². The van der Waals surface area contributed by atoms with Gasteiger partial charge in [-0.2, -0.15) is 0 Å². The van der Waals surface area contributed by atoms with Crippen molar-refractivity contribution in [1.82, 2.24) is 9.80 Å². The van der Waals surface area contributed by atoms with Crippen molar-refractivity contribution in [3.8, 4) is 0 Å². The number of nitrogens with zero attached hydrogens (tertiary/aromatic N) is 2. The minimum atomic E-state index is 0.143. The Hall–Kier alpha value is -1.66. The second-order valence-corrected chi connectivity index (χ2v) is 7.29. The average molecular weight is 350 g/mol. The molecule has 0 aromatic heterocycles. The van der Waals surface area contributed by atoms with Crippen LogP contribution in [0.5, 0.6) is 0 Å². The topological polar surface area (TPSA) is 40.0 Å². The maximum Gasteiger partial charge on any atom is 0.242 e. The molecule has 1 aromatic rings. The smallest absolute Gasteiger partial charge is 0.242 e. The Labute approximate surface area is 150 Å². The van der Waals surface area contributed by atoms with Crippen LogP contribution in [-0.4, -0.2) is 67.6 Å². The van der Waals surface area contributed by atoms with Crippen molar-refractivity contribution >= 4 is 28.9 Å². The number of amides is 1. The Morgan fingerprint density at radius 3 is 2.42 bits per heavy atom. The lowest BCUT2D eigenvalue weighted by Crippen LogP contribution is -3.12. The standard InChI is InChI=1S/C18H28N4OS/c1-14(2)15-5-7-16(8-6-15)19-18(24)21(4)13-17(23)22-11-9-20(3)10-12-22/h5-8,14H,9-13H2,1-4H3,(H,19,24)/p+1. The van der Waals surface area contributed by atoms with Gasteiger partial charge < -0.3 is 20.0 Å². The van der Waals surface area contributed by atoms with E-state index in [4.69, 9.17) is 12.2 Å². The summed E-state index contributed by atoms with van der Waals surface area (Å²) in [6, 6.07) is 8.27. The van der Waals surface area contributed by atoms with Crippen LogP contribution in [0.25, 0.3) is 0 Å². The van der Waals surface area contributed by atoms with Crippen molar-refractivity contribution in [3.63, 3.8) is 0 Å². The van der Waals surface area contributed by atoms with Gasteiger partial charge in [0.25, 0.3) is 0 Å². The van der Waals surface area contributed by atoms with Crippen LogP contribution in [0.2, 0.25) is 0 Å². The number of rotatable bonds is 4. The van der Waals surface area contributed by atoms with E-state index >= 15 is 0 Å². The molecule has 0 bridgehead atoms. The molecular weight excluding hydrogens is 320 g/mol.